The van der Waals surface area contributed by atoms with E-state index in [2.05, 4.69) is 18.8 Å². The van der Waals surface area contributed by atoms with E-state index < -0.39 is 0 Å². The zero-order chi connectivity index (χ0) is 12.5. The van der Waals surface area contributed by atoms with Gasteiger partial charge in [0.1, 0.15) is 11.5 Å². The molecule has 0 aliphatic rings. The van der Waals surface area contributed by atoms with Crippen LogP contribution in [0.5, 0.6) is 0 Å². The van der Waals surface area contributed by atoms with E-state index in [9.17, 15) is 0 Å². The number of rotatable bonds is 7. The summed E-state index contributed by atoms with van der Waals surface area (Å²) in [7, 11) is 0. The molecule has 0 saturated carbocycles. The number of furan rings is 1. The Hall–Kier alpha value is -1.90. The highest BCUT2D eigenvalue weighted by molar-refractivity contribution is 5.21. The Labute approximate surface area is 103 Å². The lowest BCUT2D eigenvalue weighted by atomic mass is 10.3. The van der Waals surface area contributed by atoms with Crippen LogP contribution in [0.4, 0.5) is 0 Å². The van der Waals surface area contributed by atoms with Crippen molar-refractivity contribution >= 4 is 0 Å². The van der Waals surface area contributed by atoms with Crippen LogP contribution in [0.3, 0.4) is 0 Å². The van der Waals surface area contributed by atoms with Crippen molar-refractivity contribution in [1.29, 1.82) is 0 Å². The maximum atomic E-state index is 5.66. The summed E-state index contributed by atoms with van der Waals surface area (Å²) in [6.07, 6.45) is 8.94. The standard InChI is InChI=1S/C14H20N2O/c1-3-5-12(9-10-15)16-11-14-8-7-13(17-14)6-4-2/h3,5,7-10,16H,1,4,6,11,15H2,2H3/b10-9-,12-5+. The molecule has 0 unspecified atom stereocenters. The van der Waals surface area contributed by atoms with Crippen molar-refractivity contribution in [2.75, 3.05) is 0 Å². The van der Waals surface area contributed by atoms with Crippen LogP contribution in [0.1, 0.15) is 24.9 Å². The van der Waals surface area contributed by atoms with Crippen LogP contribution in [0.15, 0.2) is 53.3 Å². The largest absolute Gasteiger partial charge is 0.464 e. The van der Waals surface area contributed by atoms with Gasteiger partial charge in [0, 0.05) is 12.1 Å². The smallest absolute Gasteiger partial charge is 0.123 e. The SMILES string of the molecule is C=C/C=C(\C=C/N)NCc1ccc(CCC)o1. The van der Waals surface area contributed by atoms with Crippen molar-refractivity contribution < 1.29 is 4.42 Å². The molecule has 1 aromatic heterocycles. The second-order valence-electron chi connectivity index (χ2n) is 3.69. The molecule has 17 heavy (non-hydrogen) atoms. The Kier molecular flexibility index (Phi) is 5.72. The van der Waals surface area contributed by atoms with Gasteiger partial charge in [-0.05, 0) is 36.9 Å². The predicted molar refractivity (Wildman–Crippen MR) is 71.2 cm³/mol. The molecule has 0 aliphatic carbocycles. The van der Waals surface area contributed by atoms with Crippen molar-refractivity contribution in [2.45, 2.75) is 26.3 Å². The van der Waals surface area contributed by atoms with Gasteiger partial charge >= 0.3 is 0 Å². The first-order valence-electron chi connectivity index (χ1n) is 5.82. The van der Waals surface area contributed by atoms with Crippen LogP contribution < -0.4 is 11.1 Å². The van der Waals surface area contributed by atoms with Gasteiger partial charge in [0.05, 0.1) is 6.54 Å². The fourth-order valence-electron chi connectivity index (χ4n) is 1.49. The van der Waals surface area contributed by atoms with Gasteiger partial charge in [-0.15, -0.1) is 0 Å². The Morgan fingerprint density at radius 2 is 2.24 bits per heavy atom. The molecule has 3 heteroatoms. The molecule has 0 amide bonds. The summed E-state index contributed by atoms with van der Waals surface area (Å²) in [5, 5.41) is 3.22. The first-order chi connectivity index (χ1) is 8.30. The summed E-state index contributed by atoms with van der Waals surface area (Å²) >= 11 is 0. The topological polar surface area (TPSA) is 51.2 Å². The number of hydrogen-bond acceptors (Lipinski definition) is 3. The van der Waals surface area contributed by atoms with Gasteiger partial charge in [-0.3, -0.25) is 0 Å². The van der Waals surface area contributed by atoms with Gasteiger partial charge in [0.15, 0.2) is 0 Å². The molecular formula is C14H20N2O. The minimum absolute atomic E-state index is 0.647. The van der Waals surface area contributed by atoms with Gasteiger partial charge in [0.25, 0.3) is 0 Å². The number of hydrogen-bond donors (Lipinski definition) is 2. The molecule has 1 rings (SSSR count). The van der Waals surface area contributed by atoms with E-state index in [-0.39, 0.29) is 0 Å². The Morgan fingerprint density at radius 1 is 1.47 bits per heavy atom. The molecule has 0 spiro atoms. The molecule has 0 aliphatic heterocycles. The maximum Gasteiger partial charge on any atom is 0.123 e. The molecule has 0 bridgehead atoms. The zero-order valence-electron chi connectivity index (χ0n) is 10.3. The number of nitrogens with one attached hydrogen (secondary N) is 1. The zero-order valence-corrected chi connectivity index (χ0v) is 10.3. The predicted octanol–water partition coefficient (Wildman–Crippen LogP) is 2.86. The van der Waals surface area contributed by atoms with E-state index in [1.165, 1.54) is 6.20 Å². The third kappa shape index (κ3) is 4.64. The molecule has 0 atom stereocenters. The van der Waals surface area contributed by atoms with E-state index in [0.717, 1.165) is 30.1 Å². The second kappa shape index (κ2) is 7.39. The number of allylic oxidation sites excluding steroid dienone is 3. The highest BCUT2D eigenvalue weighted by atomic mass is 16.3. The van der Waals surface area contributed by atoms with E-state index in [1.54, 1.807) is 12.2 Å². The van der Waals surface area contributed by atoms with E-state index in [1.807, 2.05) is 18.2 Å². The summed E-state index contributed by atoms with van der Waals surface area (Å²) in [6.45, 7) is 6.43. The van der Waals surface area contributed by atoms with Crippen molar-refractivity contribution in [3.05, 3.63) is 60.4 Å². The second-order valence-corrected chi connectivity index (χ2v) is 3.69. The molecule has 1 aromatic rings. The van der Waals surface area contributed by atoms with Crippen molar-refractivity contribution in [3.8, 4) is 0 Å². The maximum absolute atomic E-state index is 5.66. The molecule has 0 aromatic carbocycles. The lowest BCUT2D eigenvalue weighted by Crippen LogP contribution is -2.10. The van der Waals surface area contributed by atoms with Gasteiger partial charge in [-0.2, -0.15) is 0 Å². The van der Waals surface area contributed by atoms with E-state index in [4.69, 9.17) is 10.2 Å². The monoisotopic (exact) mass is 232 g/mol. The van der Waals surface area contributed by atoms with Gasteiger partial charge in [0.2, 0.25) is 0 Å². The third-order valence-electron chi connectivity index (χ3n) is 2.25. The molecule has 3 N–H and O–H groups in total. The van der Waals surface area contributed by atoms with Crippen molar-refractivity contribution in [3.63, 3.8) is 0 Å². The lowest BCUT2D eigenvalue weighted by molar-refractivity contribution is 0.454. The summed E-state index contributed by atoms with van der Waals surface area (Å²) in [6, 6.07) is 4.02. The van der Waals surface area contributed by atoms with Gasteiger partial charge in [-0.1, -0.05) is 19.6 Å². The Bertz CT molecular complexity index is 402. The van der Waals surface area contributed by atoms with Crippen LogP contribution in [-0.4, -0.2) is 0 Å². The molecule has 92 valence electrons. The highest BCUT2D eigenvalue weighted by Crippen LogP contribution is 2.10. The van der Waals surface area contributed by atoms with Crippen LogP contribution in [-0.2, 0) is 13.0 Å². The quantitative estimate of drug-likeness (QED) is 0.711. The Morgan fingerprint density at radius 3 is 2.88 bits per heavy atom. The Balaban J connectivity index is 2.53. The minimum atomic E-state index is 0.647. The van der Waals surface area contributed by atoms with Crippen LogP contribution in [0, 0.1) is 0 Å². The molecule has 3 nitrogen and oxygen atoms in total. The first-order valence-corrected chi connectivity index (χ1v) is 5.82. The van der Waals surface area contributed by atoms with Gasteiger partial charge in [-0.25, -0.2) is 0 Å². The van der Waals surface area contributed by atoms with Crippen LogP contribution in [0.25, 0.3) is 0 Å². The fourth-order valence-corrected chi connectivity index (χ4v) is 1.49. The molecule has 0 saturated heterocycles. The molecule has 0 radical (unpaired) electrons. The summed E-state index contributed by atoms with van der Waals surface area (Å²) < 4.78 is 5.66. The number of nitrogens with two attached hydrogens (primary N) is 1. The normalized spacial score (nSPS) is 11.9. The summed E-state index contributed by atoms with van der Waals surface area (Å²) in [5.41, 5.74) is 6.27. The number of aryl methyl sites for hydroxylation is 1. The lowest BCUT2D eigenvalue weighted by Gasteiger charge is -2.04. The van der Waals surface area contributed by atoms with Crippen LogP contribution >= 0.6 is 0 Å². The third-order valence-corrected chi connectivity index (χ3v) is 2.25. The van der Waals surface area contributed by atoms with Crippen LogP contribution in [0.2, 0.25) is 0 Å². The van der Waals surface area contributed by atoms with Crippen molar-refractivity contribution in [1.82, 2.24) is 5.32 Å². The molecular weight excluding hydrogens is 212 g/mol. The average molecular weight is 232 g/mol. The van der Waals surface area contributed by atoms with E-state index >= 15 is 0 Å². The first kappa shape index (κ1) is 13.2. The van der Waals surface area contributed by atoms with Gasteiger partial charge < -0.3 is 15.5 Å². The summed E-state index contributed by atoms with van der Waals surface area (Å²) in [4.78, 5) is 0. The highest BCUT2D eigenvalue weighted by Gasteiger charge is 2.01. The average Bonchev–Trinajstić information content (AvgIpc) is 2.75. The molecule has 1 heterocycles. The molecule has 0 fully saturated rings. The summed E-state index contributed by atoms with van der Waals surface area (Å²) in [5.74, 6) is 1.96. The van der Waals surface area contributed by atoms with E-state index in [0.29, 0.717) is 6.54 Å². The fraction of sp³-hybridized carbons (Fsp3) is 0.286. The van der Waals surface area contributed by atoms with Crippen molar-refractivity contribution in [2.24, 2.45) is 5.73 Å². The minimum Gasteiger partial charge on any atom is -0.464 e.